The lowest BCUT2D eigenvalue weighted by Crippen LogP contribution is -2.57. The summed E-state index contributed by atoms with van der Waals surface area (Å²) in [4.78, 5) is 0. The van der Waals surface area contributed by atoms with Crippen LogP contribution in [-0.4, -0.2) is 0 Å². The molecule has 1 aliphatic rings. The van der Waals surface area contributed by atoms with Gasteiger partial charge < -0.3 is 0 Å². The Labute approximate surface area is 109 Å². The van der Waals surface area contributed by atoms with Gasteiger partial charge in [-0.2, -0.15) is 4.57 Å². The van der Waals surface area contributed by atoms with Gasteiger partial charge in [0.1, 0.15) is 5.92 Å². The lowest BCUT2D eigenvalue weighted by atomic mass is 9.82. The summed E-state index contributed by atoms with van der Waals surface area (Å²) in [6.07, 6.45) is 0. The number of aromatic nitrogens is 1. The molecule has 1 aromatic carbocycles. The minimum atomic E-state index is 0.642. The molecule has 0 saturated heterocycles. The van der Waals surface area contributed by atoms with E-state index in [2.05, 4.69) is 58.2 Å². The largest absolute Gasteiger partial charge is 0.195 e. The monoisotopic (exact) mass is 240 g/mol. The summed E-state index contributed by atoms with van der Waals surface area (Å²) in [7, 11) is 0. The molecule has 0 fully saturated rings. The van der Waals surface area contributed by atoms with Crippen molar-refractivity contribution in [2.45, 2.75) is 53.5 Å². The highest BCUT2D eigenvalue weighted by Crippen LogP contribution is 2.39. The number of nitrogens with zero attached hydrogens (tertiary/aromatic N) is 1. The summed E-state index contributed by atoms with van der Waals surface area (Å²) >= 11 is 0. The van der Waals surface area contributed by atoms with E-state index in [-0.39, 0.29) is 0 Å². The number of pyridine rings is 1. The highest BCUT2D eigenvalue weighted by atomic mass is 15.1. The van der Waals surface area contributed by atoms with Crippen LogP contribution in [0.25, 0.3) is 10.8 Å². The minimum absolute atomic E-state index is 0.642. The van der Waals surface area contributed by atoms with E-state index < -0.39 is 0 Å². The Morgan fingerprint density at radius 1 is 0.944 bits per heavy atom. The molecule has 94 valence electrons. The normalized spacial score (nSPS) is 21.9. The third-order valence-electron chi connectivity index (χ3n) is 5.07. The lowest BCUT2D eigenvalue weighted by molar-refractivity contribution is -0.775. The molecule has 1 nitrogen and oxygen atoms in total. The quantitative estimate of drug-likeness (QED) is 0.612. The molecule has 0 bridgehead atoms. The maximum Gasteiger partial charge on any atom is 0.194 e. The summed E-state index contributed by atoms with van der Waals surface area (Å²) in [5.41, 5.74) is 7.29. The molecule has 0 spiro atoms. The van der Waals surface area contributed by atoms with Gasteiger partial charge in [0.25, 0.3) is 0 Å². The van der Waals surface area contributed by atoms with E-state index >= 15 is 0 Å². The van der Waals surface area contributed by atoms with Crippen LogP contribution >= 0.6 is 0 Å². The lowest BCUT2D eigenvalue weighted by Gasteiger charge is -2.31. The summed E-state index contributed by atoms with van der Waals surface area (Å²) in [5.74, 6) is 0.690. The van der Waals surface area contributed by atoms with Crippen molar-refractivity contribution in [3.8, 4) is 0 Å². The summed E-state index contributed by atoms with van der Waals surface area (Å²) in [5, 5.41) is 2.91. The van der Waals surface area contributed by atoms with E-state index in [0.717, 1.165) is 0 Å². The number of hydrogen-bond acceptors (Lipinski definition) is 0. The Morgan fingerprint density at radius 2 is 1.61 bits per heavy atom. The van der Waals surface area contributed by atoms with Gasteiger partial charge in [0.15, 0.2) is 17.4 Å². The van der Waals surface area contributed by atoms with E-state index in [9.17, 15) is 0 Å². The van der Waals surface area contributed by atoms with Crippen LogP contribution in [0.5, 0.6) is 0 Å². The van der Waals surface area contributed by atoms with Gasteiger partial charge in [0.2, 0.25) is 0 Å². The molecule has 2 heterocycles. The third-order valence-corrected chi connectivity index (χ3v) is 5.07. The van der Waals surface area contributed by atoms with Gasteiger partial charge >= 0.3 is 0 Å². The van der Waals surface area contributed by atoms with Crippen molar-refractivity contribution in [1.29, 1.82) is 0 Å². The molecule has 2 aromatic rings. The van der Waals surface area contributed by atoms with Crippen LogP contribution in [0.3, 0.4) is 0 Å². The number of rotatable bonds is 0. The van der Waals surface area contributed by atoms with Gasteiger partial charge in [-0.1, -0.05) is 12.1 Å². The van der Waals surface area contributed by atoms with E-state index in [1.54, 1.807) is 0 Å². The van der Waals surface area contributed by atoms with Crippen molar-refractivity contribution in [2.75, 3.05) is 0 Å². The molecule has 0 saturated carbocycles. The van der Waals surface area contributed by atoms with Crippen LogP contribution in [0.4, 0.5) is 0 Å². The van der Waals surface area contributed by atoms with Gasteiger partial charge in [-0.3, -0.25) is 0 Å². The second-order valence-electron chi connectivity index (χ2n) is 5.92. The highest BCUT2D eigenvalue weighted by molar-refractivity contribution is 5.90. The molecular formula is C17H22N+. The predicted molar refractivity (Wildman–Crippen MR) is 76.2 cm³/mol. The number of benzene rings is 1. The molecule has 0 aliphatic carbocycles. The fraction of sp³-hybridized carbons (Fsp3) is 0.471. The van der Waals surface area contributed by atoms with Gasteiger partial charge in [-0.15, -0.1) is 0 Å². The SMILES string of the molecule is Cc1ccc2c(C)c3[n+](c(C)c2c1C)C(C)C3C. The standard InChI is InChI=1S/C17H22N/c1-9-7-8-15-12(4)17-11(3)13(5)18(17)14(6)16(15)10(9)2/h7-8,11,13H,1-6H3/q+1. The van der Waals surface area contributed by atoms with Gasteiger partial charge in [-0.05, 0) is 51.1 Å². The number of fused-ring (bicyclic) bond motifs is 2. The van der Waals surface area contributed by atoms with Crippen molar-refractivity contribution < 1.29 is 4.57 Å². The minimum Gasteiger partial charge on any atom is -0.195 e. The smallest absolute Gasteiger partial charge is 0.194 e. The topological polar surface area (TPSA) is 3.88 Å². The molecule has 1 heteroatoms. The Kier molecular flexibility index (Phi) is 2.32. The van der Waals surface area contributed by atoms with Crippen molar-refractivity contribution in [1.82, 2.24) is 0 Å². The van der Waals surface area contributed by atoms with Crippen molar-refractivity contribution in [3.63, 3.8) is 0 Å². The Hall–Kier alpha value is -1.37. The molecule has 0 N–H and O–H groups in total. The van der Waals surface area contributed by atoms with E-state index in [1.165, 1.54) is 38.9 Å². The zero-order chi connectivity index (χ0) is 13.2. The van der Waals surface area contributed by atoms with Gasteiger partial charge in [0, 0.05) is 12.5 Å². The fourth-order valence-electron chi connectivity index (χ4n) is 3.67. The van der Waals surface area contributed by atoms with Crippen molar-refractivity contribution in [3.05, 3.63) is 40.2 Å². The first-order chi connectivity index (χ1) is 8.45. The van der Waals surface area contributed by atoms with Crippen LogP contribution < -0.4 is 4.57 Å². The summed E-state index contributed by atoms with van der Waals surface area (Å²) in [6.45, 7) is 13.7. The van der Waals surface area contributed by atoms with Crippen LogP contribution in [0, 0.1) is 27.7 Å². The summed E-state index contributed by atoms with van der Waals surface area (Å²) < 4.78 is 2.54. The van der Waals surface area contributed by atoms with E-state index in [0.29, 0.717) is 12.0 Å². The molecule has 1 aliphatic heterocycles. The average molecular weight is 240 g/mol. The zero-order valence-electron chi connectivity index (χ0n) is 12.3. The molecule has 18 heavy (non-hydrogen) atoms. The van der Waals surface area contributed by atoms with Crippen LogP contribution in [-0.2, 0) is 0 Å². The van der Waals surface area contributed by atoms with Crippen LogP contribution in [0.15, 0.2) is 12.1 Å². The second-order valence-corrected chi connectivity index (χ2v) is 5.92. The Morgan fingerprint density at radius 3 is 2.28 bits per heavy atom. The average Bonchev–Trinajstić information content (AvgIpc) is 2.35. The first kappa shape index (κ1) is 11.7. The molecule has 0 radical (unpaired) electrons. The van der Waals surface area contributed by atoms with Gasteiger partial charge in [0.05, 0.1) is 5.39 Å². The zero-order valence-corrected chi connectivity index (χ0v) is 12.3. The molecule has 2 atom stereocenters. The third kappa shape index (κ3) is 1.20. The molecule has 3 rings (SSSR count). The first-order valence-corrected chi connectivity index (χ1v) is 6.89. The predicted octanol–water partition coefficient (Wildman–Crippen LogP) is 4.04. The molecule has 0 amide bonds. The first-order valence-electron chi connectivity index (χ1n) is 6.89. The molecule has 1 aromatic heterocycles. The maximum atomic E-state index is 2.54. The number of hydrogen-bond donors (Lipinski definition) is 0. The number of aryl methyl sites for hydroxylation is 4. The van der Waals surface area contributed by atoms with Crippen LogP contribution in [0.1, 0.15) is 53.9 Å². The fourth-order valence-corrected chi connectivity index (χ4v) is 3.67. The Balaban J connectivity index is 2.51. The van der Waals surface area contributed by atoms with Crippen LogP contribution in [0.2, 0.25) is 0 Å². The van der Waals surface area contributed by atoms with E-state index in [1.807, 2.05) is 0 Å². The summed E-state index contributed by atoms with van der Waals surface area (Å²) in [6, 6.07) is 5.20. The molecule has 2 unspecified atom stereocenters. The van der Waals surface area contributed by atoms with Crippen molar-refractivity contribution in [2.24, 2.45) is 0 Å². The van der Waals surface area contributed by atoms with Gasteiger partial charge in [-0.25, -0.2) is 0 Å². The van der Waals surface area contributed by atoms with E-state index in [4.69, 9.17) is 0 Å². The highest BCUT2D eigenvalue weighted by Gasteiger charge is 2.44. The molecular weight excluding hydrogens is 218 g/mol. The van der Waals surface area contributed by atoms with Crippen molar-refractivity contribution >= 4 is 10.8 Å². The maximum absolute atomic E-state index is 2.54. The second kappa shape index (κ2) is 3.57. The Bertz CT molecular complexity index is 667.